The molecular weight excluding hydrogens is 232 g/mol. The number of anilines is 1. The second kappa shape index (κ2) is 5.28. The molecule has 0 aromatic heterocycles. The zero-order valence-electron chi connectivity index (χ0n) is 10.6. The molecule has 1 fully saturated rings. The highest BCUT2D eigenvalue weighted by molar-refractivity contribution is 6.30. The molecule has 1 aliphatic heterocycles. The average molecular weight is 253 g/mol. The van der Waals surface area contributed by atoms with Gasteiger partial charge in [-0.15, -0.1) is 0 Å². The van der Waals surface area contributed by atoms with Crippen LogP contribution in [0.25, 0.3) is 0 Å². The first-order chi connectivity index (χ1) is 8.06. The van der Waals surface area contributed by atoms with Gasteiger partial charge in [0.1, 0.15) is 0 Å². The Balaban J connectivity index is 2.13. The SMILES string of the molecule is C[C@@H]1CCC[C@H](C)N1Cc1cc(N)cc(Cl)c1. The van der Waals surface area contributed by atoms with Gasteiger partial charge in [0.05, 0.1) is 0 Å². The van der Waals surface area contributed by atoms with Gasteiger partial charge in [0.15, 0.2) is 0 Å². The van der Waals surface area contributed by atoms with Crippen molar-refractivity contribution >= 4 is 17.3 Å². The highest BCUT2D eigenvalue weighted by Gasteiger charge is 2.24. The Labute approximate surface area is 109 Å². The summed E-state index contributed by atoms with van der Waals surface area (Å²) in [6.07, 6.45) is 3.93. The first kappa shape index (κ1) is 12.7. The smallest absolute Gasteiger partial charge is 0.0429 e. The summed E-state index contributed by atoms with van der Waals surface area (Å²) < 4.78 is 0. The van der Waals surface area contributed by atoms with E-state index in [2.05, 4.69) is 18.7 Å². The fourth-order valence-corrected chi connectivity index (χ4v) is 3.03. The molecule has 1 aromatic carbocycles. The first-order valence-corrected chi connectivity index (χ1v) is 6.75. The van der Waals surface area contributed by atoms with Crippen molar-refractivity contribution in [3.05, 3.63) is 28.8 Å². The minimum absolute atomic E-state index is 0.652. The summed E-state index contributed by atoms with van der Waals surface area (Å²) in [5.74, 6) is 0. The molecule has 1 aliphatic rings. The number of hydrogen-bond acceptors (Lipinski definition) is 2. The number of nitrogens with two attached hydrogens (primary N) is 1. The number of benzene rings is 1. The van der Waals surface area contributed by atoms with Crippen LogP contribution in [0.3, 0.4) is 0 Å². The maximum Gasteiger partial charge on any atom is 0.0429 e. The van der Waals surface area contributed by atoms with E-state index in [-0.39, 0.29) is 0 Å². The van der Waals surface area contributed by atoms with Crippen LogP contribution < -0.4 is 5.73 Å². The van der Waals surface area contributed by atoms with Gasteiger partial charge in [0.25, 0.3) is 0 Å². The molecule has 2 N–H and O–H groups in total. The van der Waals surface area contributed by atoms with Crippen LogP contribution in [0, 0.1) is 0 Å². The zero-order valence-corrected chi connectivity index (χ0v) is 11.4. The number of piperidine rings is 1. The molecular formula is C14H21ClN2. The van der Waals surface area contributed by atoms with E-state index in [1.54, 1.807) is 6.07 Å². The molecule has 0 unspecified atom stereocenters. The van der Waals surface area contributed by atoms with Crippen LogP contribution >= 0.6 is 11.6 Å². The number of hydrogen-bond donors (Lipinski definition) is 1. The van der Waals surface area contributed by atoms with Crippen molar-refractivity contribution < 1.29 is 0 Å². The number of likely N-dealkylation sites (tertiary alicyclic amines) is 1. The molecule has 0 radical (unpaired) electrons. The van der Waals surface area contributed by atoms with Gasteiger partial charge in [-0.25, -0.2) is 0 Å². The van der Waals surface area contributed by atoms with E-state index in [0.29, 0.717) is 12.1 Å². The quantitative estimate of drug-likeness (QED) is 0.814. The number of halogens is 1. The summed E-state index contributed by atoms with van der Waals surface area (Å²) in [4.78, 5) is 2.55. The van der Waals surface area contributed by atoms with Crippen LogP contribution in [0.5, 0.6) is 0 Å². The number of rotatable bonds is 2. The Hall–Kier alpha value is -0.730. The minimum atomic E-state index is 0.652. The van der Waals surface area contributed by atoms with Gasteiger partial charge in [-0.2, -0.15) is 0 Å². The molecule has 0 saturated carbocycles. The summed E-state index contributed by atoms with van der Waals surface area (Å²) in [6.45, 7) is 5.57. The third-order valence-electron chi connectivity index (χ3n) is 3.72. The lowest BCUT2D eigenvalue weighted by Crippen LogP contribution is -2.42. The minimum Gasteiger partial charge on any atom is -0.399 e. The lowest BCUT2D eigenvalue weighted by atomic mass is 9.96. The van der Waals surface area contributed by atoms with Gasteiger partial charge in [-0.1, -0.05) is 18.0 Å². The van der Waals surface area contributed by atoms with Crippen LogP contribution in [0.4, 0.5) is 5.69 Å². The molecule has 17 heavy (non-hydrogen) atoms. The van der Waals surface area contributed by atoms with Gasteiger partial charge < -0.3 is 5.73 Å². The molecule has 1 heterocycles. The fraction of sp³-hybridized carbons (Fsp3) is 0.571. The van der Waals surface area contributed by atoms with Gasteiger partial charge in [0.2, 0.25) is 0 Å². The molecule has 0 amide bonds. The molecule has 0 bridgehead atoms. The molecule has 0 spiro atoms. The Morgan fingerprint density at radius 3 is 2.47 bits per heavy atom. The van der Waals surface area contributed by atoms with Crippen LogP contribution in [0.1, 0.15) is 38.7 Å². The Kier molecular flexibility index (Phi) is 3.95. The monoisotopic (exact) mass is 252 g/mol. The maximum absolute atomic E-state index is 6.04. The van der Waals surface area contributed by atoms with Crippen LogP contribution in [-0.4, -0.2) is 17.0 Å². The van der Waals surface area contributed by atoms with Crippen molar-refractivity contribution in [2.24, 2.45) is 0 Å². The maximum atomic E-state index is 6.04. The predicted molar refractivity (Wildman–Crippen MR) is 74.2 cm³/mol. The van der Waals surface area contributed by atoms with Crippen molar-refractivity contribution in [2.75, 3.05) is 5.73 Å². The zero-order chi connectivity index (χ0) is 12.4. The normalized spacial score (nSPS) is 26.1. The van der Waals surface area contributed by atoms with Crippen molar-refractivity contribution in [3.63, 3.8) is 0 Å². The highest BCUT2D eigenvalue weighted by atomic mass is 35.5. The molecule has 2 nitrogen and oxygen atoms in total. The Morgan fingerprint density at radius 2 is 1.88 bits per heavy atom. The standard InChI is InChI=1S/C14H21ClN2/c1-10-4-3-5-11(2)17(10)9-12-6-13(15)8-14(16)7-12/h6-8,10-11H,3-5,9,16H2,1-2H3/t10-,11+. The molecule has 3 heteroatoms. The van der Waals surface area contributed by atoms with E-state index in [1.165, 1.54) is 24.8 Å². The molecule has 2 atom stereocenters. The van der Waals surface area contributed by atoms with Crippen molar-refractivity contribution in [2.45, 2.75) is 51.7 Å². The van der Waals surface area contributed by atoms with Crippen molar-refractivity contribution in [3.8, 4) is 0 Å². The molecule has 1 aromatic rings. The summed E-state index contributed by atoms with van der Waals surface area (Å²) in [5.41, 5.74) is 7.80. The van der Waals surface area contributed by atoms with E-state index in [1.807, 2.05) is 12.1 Å². The van der Waals surface area contributed by atoms with Gasteiger partial charge in [0, 0.05) is 29.3 Å². The molecule has 94 valence electrons. The summed E-state index contributed by atoms with van der Waals surface area (Å²) >= 11 is 6.04. The van der Waals surface area contributed by atoms with Crippen molar-refractivity contribution in [1.82, 2.24) is 4.90 Å². The van der Waals surface area contributed by atoms with E-state index >= 15 is 0 Å². The third kappa shape index (κ3) is 3.14. The van der Waals surface area contributed by atoms with Crippen LogP contribution in [-0.2, 0) is 6.54 Å². The lowest BCUT2D eigenvalue weighted by molar-refractivity contribution is 0.0953. The van der Waals surface area contributed by atoms with Gasteiger partial charge in [-0.05, 0) is 50.5 Å². The lowest BCUT2D eigenvalue weighted by Gasteiger charge is -2.39. The highest BCUT2D eigenvalue weighted by Crippen LogP contribution is 2.26. The number of nitrogens with zero attached hydrogens (tertiary/aromatic N) is 1. The third-order valence-corrected chi connectivity index (χ3v) is 3.94. The summed E-state index contributed by atoms with van der Waals surface area (Å²) in [7, 11) is 0. The van der Waals surface area contributed by atoms with E-state index < -0.39 is 0 Å². The molecule has 2 rings (SSSR count). The number of nitrogen functional groups attached to an aromatic ring is 1. The Bertz CT molecular complexity index is 362. The summed E-state index contributed by atoms with van der Waals surface area (Å²) in [6, 6.07) is 7.15. The first-order valence-electron chi connectivity index (χ1n) is 6.37. The summed E-state index contributed by atoms with van der Waals surface area (Å²) in [5, 5.41) is 0.734. The second-order valence-corrected chi connectivity index (χ2v) is 5.63. The molecule has 1 saturated heterocycles. The average Bonchev–Trinajstić information content (AvgIpc) is 2.22. The van der Waals surface area contributed by atoms with Crippen LogP contribution in [0.2, 0.25) is 5.02 Å². The fourth-order valence-electron chi connectivity index (χ4n) is 2.76. The van der Waals surface area contributed by atoms with E-state index in [9.17, 15) is 0 Å². The van der Waals surface area contributed by atoms with Crippen LogP contribution in [0.15, 0.2) is 18.2 Å². The topological polar surface area (TPSA) is 29.3 Å². The van der Waals surface area contributed by atoms with Crippen molar-refractivity contribution in [1.29, 1.82) is 0 Å². The van der Waals surface area contributed by atoms with E-state index in [4.69, 9.17) is 17.3 Å². The Morgan fingerprint density at radius 1 is 1.24 bits per heavy atom. The van der Waals surface area contributed by atoms with Gasteiger partial charge in [-0.3, -0.25) is 4.90 Å². The largest absolute Gasteiger partial charge is 0.399 e. The predicted octanol–water partition coefficient (Wildman–Crippen LogP) is 3.69. The van der Waals surface area contributed by atoms with E-state index in [0.717, 1.165) is 17.3 Å². The second-order valence-electron chi connectivity index (χ2n) is 5.19. The molecule has 0 aliphatic carbocycles. The van der Waals surface area contributed by atoms with Gasteiger partial charge >= 0.3 is 0 Å².